The molecule has 6 nitrogen and oxygen atoms in total. The number of carbonyl (C=O) groups excluding carboxylic acids is 2. The average molecular weight is 263 g/mol. The molecule has 0 saturated heterocycles. The Morgan fingerprint density at radius 2 is 2.42 bits per heavy atom. The van der Waals surface area contributed by atoms with Gasteiger partial charge in [0.1, 0.15) is 12.9 Å². The number of hydrogen-bond donors (Lipinski definition) is 2. The lowest BCUT2D eigenvalue weighted by Gasteiger charge is -2.18. The topological polar surface area (TPSA) is 80.3 Å². The smallest absolute Gasteiger partial charge is 0.252 e. The highest BCUT2D eigenvalue weighted by atomic mass is 16.5. The van der Waals surface area contributed by atoms with Crippen LogP contribution in [-0.4, -0.2) is 36.9 Å². The molecule has 0 saturated carbocycles. The molecule has 2 N–H and O–H groups in total. The van der Waals surface area contributed by atoms with E-state index in [1.165, 1.54) is 6.20 Å². The summed E-state index contributed by atoms with van der Waals surface area (Å²) in [6, 6.07) is 1.69. The maximum Gasteiger partial charge on any atom is 0.252 e. The van der Waals surface area contributed by atoms with Crippen molar-refractivity contribution < 1.29 is 14.3 Å². The van der Waals surface area contributed by atoms with E-state index in [9.17, 15) is 9.59 Å². The van der Waals surface area contributed by atoms with E-state index >= 15 is 0 Å². The van der Waals surface area contributed by atoms with Gasteiger partial charge in [0.15, 0.2) is 11.6 Å². The molecule has 1 amide bonds. The van der Waals surface area contributed by atoms with Gasteiger partial charge >= 0.3 is 0 Å². The third-order valence-electron chi connectivity index (χ3n) is 2.80. The highest BCUT2D eigenvalue weighted by Gasteiger charge is 2.14. The Morgan fingerprint density at radius 1 is 1.53 bits per heavy atom. The molecule has 102 valence electrons. The second kappa shape index (κ2) is 6.72. The number of ether oxygens (including phenoxy) is 1. The molecule has 0 atom stereocenters. The van der Waals surface area contributed by atoms with E-state index in [2.05, 4.69) is 15.6 Å². The Labute approximate surface area is 111 Å². The third kappa shape index (κ3) is 3.67. The molecule has 1 aromatic heterocycles. The van der Waals surface area contributed by atoms with Crippen molar-refractivity contribution in [3.05, 3.63) is 17.8 Å². The molecule has 0 aliphatic carbocycles. The van der Waals surface area contributed by atoms with E-state index in [1.807, 2.05) is 0 Å². The first-order valence-electron chi connectivity index (χ1n) is 6.40. The standard InChI is InChI=1S/C13H17N3O3/c17-6-3-1-2-4-15-13(18)10-8-11-12(16-9-10)14-5-7-19-11/h6,8-9H,1-5,7H2,(H,14,16)(H,15,18). The van der Waals surface area contributed by atoms with E-state index in [1.54, 1.807) is 6.07 Å². The number of carbonyl (C=O) groups is 2. The SMILES string of the molecule is O=CCCCCNC(=O)c1cnc2c(c1)OCCN2. The van der Waals surface area contributed by atoms with Crippen LogP contribution in [0.4, 0.5) is 5.82 Å². The van der Waals surface area contributed by atoms with Crippen LogP contribution >= 0.6 is 0 Å². The third-order valence-corrected chi connectivity index (χ3v) is 2.80. The minimum atomic E-state index is -0.171. The summed E-state index contributed by atoms with van der Waals surface area (Å²) in [6.07, 6.45) is 4.54. The quantitative estimate of drug-likeness (QED) is 0.591. The number of nitrogens with one attached hydrogen (secondary N) is 2. The van der Waals surface area contributed by atoms with Crippen LogP contribution in [-0.2, 0) is 4.79 Å². The summed E-state index contributed by atoms with van der Waals surface area (Å²) < 4.78 is 5.43. The molecule has 0 bridgehead atoms. The lowest BCUT2D eigenvalue weighted by molar-refractivity contribution is -0.107. The van der Waals surface area contributed by atoms with Gasteiger partial charge in [-0.1, -0.05) is 0 Å². The van der Waals surface area contributed by atoms with Crippen LogP contribution in [0, 0.1) is 0 Å². The summed E-state index contributed by atoms with van der Waals surface area (Å²) in [7, 11) is 0. The first-order valence-corrected chi connectivity index (χ1v) is 6.40. The summed E-state index contributed by atoms with van der Waals surface area (Å²) in [5, 5.41) is 5.89. The minimum Gasteiger partial charge on any atom is -0.488 e. The molecular weight excluding hydrogens is 246 g/mol. The van der Waals surface area contributed by atoms with Crippen molar-refractivity contribution in [3.63, 3.8) is 0 Å². The summed E-state index contributed by atoms with van der Waals surface area (Å²) in [5.74, 6) is 1.12. The first kappa shape index (κ1) is 13.3. The van der Waals surface area contributed by atoms with Crippen LogP contribution in [0.3, 0.4) is 0 Å². The highest BCUT2D eigenvalue weighted by molar-refractivity contribution is 5.94. The molecular formula is C13H17N3O3. The van der Waals surface area contributed by atoms with Crippen molar-refractivity contribution in [2.75, 3.05) is 25.0 Å². The fourth-order valence-electron chi connectivity index (χ4n) is 1.80. The number of fused-ring (bicyclic) bond motifs is 1. The monoisotopic (exact) mass is 263 g/mol. The van der Waals surface area contributed by atoms with Gasteiger partial charge in [-0.25, -0.2) is 4.98 Å². The Hall–Kier alpha value is -2.11. The number of hydrogen-bond acceptors (Lipinski definition) is 5. The molecule has 0 radical (unpaired) electrons. The van der Waals surface area contributed by atoms with E-state index < -0.39 is 0 Å². The number of unbranched alkanes of at least 4 members (excludes halogenated alkanes) is 2. The maximum absolute atomic E-state index is 11.9. The van der Waals surface area contributed by atoms with Gasteiger partial charge in [0.2, 0.25) is 0 Å². The van der Waals surface area contributed by atoms with Gasteiger partial charge in [-0.3, -0.25) is 4.79 Å². The van der Waals surface area contributed by atoms with Crippen molar-refractivity contribution in [2.45, 2.75) is 19.3 Å². The summed E-state index contributed by atoms with van der Waals surface area (Å²) in [5.41, 5.74) is 0.484. The van der Waals surface area contributed by atoms with E-state index in [0.29, 0.717) is 36.7 Å². The van der Waals surface area contributed by atoms with Crippen molar-refractivity contribution >= 4 is 18.0 Å². The lowest BCUT2D eigenvalue weighted by atomic mass is 10.2. The van der Waals surface area contributed by atoms with Gasteiger partial charge in [0.25, 0.3) is 5.91 Å². The number of nitrogens with zero attached hydrogens (tertiary/aromatic N) is 1. The first-order chi connectivity index (χ1) is 9.31. The van der Waals surface area contributed by atoms with Gasteiger partial charge in [0, 0.05) is 19.2 Å². The molecule has 0 spiro atoms. The fourth-order valence-corrected chi connectivity index (χ4v) is 1.80. The predicted octanol–water partition coefficient (Wildman–Crippen LogP) is 0.985. The predicted molar refractivity (Wildman–Crippen MR) is 70.5 cm³/mol. The molecule has 1 aromatic rings. The zero-order chi connectivity index (χ0) is 13.5. The van der Waals surface area contributed by atoms with Crippen molar-refractivity contribution in [1.82, 2.24) is 10.3 Å². The summed E-state index contributed by atoms with van der Waals surface area (Å²) in [4.78, 5) is 26.2. The Kier molecular flexibility index (Phi) is 4.72. The fraction of sp³-hybridized carbons (Fsp3) is 0.462. The van der Waals surface area contributed by atoms with E-state index in [0.717, 1.165) is 25.7 Å². The molecule has 0 fully saturated rings. The van der Waals surface area contributed by atoms with Crippen molar-refractivity contribution in [3.8, 4) is 5.75 Å². The largest absolute Gasteiger partial charge is 0.488 e. The lowest BCUT2D eigenvalue weighted by Crippen LogP contribution is -2.25. The van der Waals surface area contributed by atoms with E-state index in [4.69, 9.17) is 4.74 Å². The summed E-state index contributed by atoms with van der Waals surface area (Å²) in [6.45, 7) is 1.86. The molecule has 2 rings (SSSR count). The van der Waals surface area contributed by atoms with Gasteiger partial charge < -0.3 is 20.2 Å². The molecule has 2 heterocycles. The molecule has 0 unspecified atom stereocenters. The van der Waals surface area contributed by atoms with Crippen molar-refractivity contribution in [1.29, 1.82) is 0 Å². The Balaban J connectivity index is 1.87. The van der Waals surface area contributed by atoms with Crippen LogP contribution in [0.25, 0.3) is 0 Å². The number of rotatable bonds is 6. The van der Waals surface area contributed by atoms with Crippen LogP contribution in [0.5, 0.6) is 5.75 Å². The molecule has 19 heavy (non-hydrogen) atoms. The number of pyridine rings is 1. The normalized spacial score (nSPS) is 12.8. The zero-order valence-corrected chi connectivity index (χ0v) is 10.6. The van der Waals surface area contributed by atoms with E-state index in [-0.39, 0.29) is 5.91 Å². The maximum atomic E-state index is 11.9. The van der Waals surface area contributed by atoms with Gasteiger partial charge in [-0.2, -0.15) is 0 Å². The average Bonchev–Trinajstić information content (AvgIpc) is 2.46. The summed E-state index contributed by atoms with van der Waals surface area (Å²) >= 11 is 0. The number of amides is 1. The molecule has 1 aliphatic rings. The highest BCUT2D eigenvalue weighted by Crippen LogP contribution is 2.25. The minimum absolute atomic E-state index is 0.171. The number of aromatic nitrogens is 1. The van der Waals surface area contributed by atoms with Crippen LogP contribution in [0.15, 0.2) is 12.3 Å². The van der Waals surface area contributed by atoms with Crippen LogP contribution < -0.4 is 15.4 Å². The Bertz CT molecular complexity index is 462. The van der Waals surface area contributed by atoms with Crippen molar-refractivity contribution in [2.24, 2.45) is 0 Å². The van der Waals surface area contributed by atoms with Gasteiger partial charge in [-0.15, -0.1) is 0 Å². The van der Waals surface area contributed by atoms with Gasteiger partial charge in [-0.05, 0) is 18.9 Å². The van der Waals surface area contributed by atoms with Crippen LogP contribution in [0.2, 0.25) is 0 Å². The molecule has 6 heteroatoms. The second-order valence-corrected chi connectivity index (χ2v) is 4.26. The van der Waals surface area contributed by atoms with Gasteiger partial charge in [0.05, 0.1) is 12.1 Å². The molecule has 1 aliphatic heterocycles. The number of aldehydes is 1. The number of anilines is 1. The Morgan fingerprint density at radius 3 is 3.26 bits per heavy atom. The van der Waals surface area contributed by atoms with Crippen LogP contribution in [0.1, 0.15) is 29.6 Å². The zero-order valence-electron chi connectivity index (χ0n) is 10.6. The second-order valence-electron chi connectivity index (χ2n) is 4.26. The molecule has 0 aromatic carbocycles.